The molecule has 2 aliphatic rings. The highest BCUT2D eigenvalue weighted by molar-refractivity contribution is 5.85. The van der Waals surface area contributed by atoms with E-state index in [0.717, 1.165) is 56.3 Å². The van der Waals surface area contributed by atoms with E-state index >= 15 is 0 Å². The third kappa shape index (κ3) is 6.40. The number of benzene rings is 1. The van der Waals surface area contributed by atoms with Crippen molar-refractivity contribution in [1.29, 1.82) is 0 Å². The maximum Gasteiger partial charge on any atom is 0.242 e. The molecule has 1 unspecified atom stereocenters. The van der Waals surface area contributed by atoms with Crippen LogP contribution in [0.25, 0.3) is 0 Å². The summed E-state index contributed by atoms with van der Waals surface area (Å²) >= 11 is 0. The number of morpholine rings is 1. The highest BCUT2D eigenvalue weighted by Gasteiger charge is 2.28. The van der Waals surface area contributed by atoms with E-state index in [2.05, 4.69) is 10.2 Å². The van der Waals surface area contributed by atoms with Crippen molar-refractivity contribution >= 4 is 30.7 Å². The summed E-state index contributed by atoms with van der Waals surface area (Å²) in [5, 5.41) is 3.23. The number of halogens is 2. The van der Waals surface area contributed by atoms with Crippen LogP contribution in [-0.4, -0.2) is 81.9 Å². The largest absolute Gasteiger partial charge is 0.497 e. The van der Waals surface area contributed by atoms with Crippen molar-refractivity contribution in [3.8, 4) is 11.5 Å². The summed E-state index contributed by atoms with van der Waals surface area (Å²) in [6, 6.07) is 5.74. The number of nitrogens with one attached hydrogen (secondary N) is 1. The van der Waals surface area contributed by atoms with Crippen LogP contribution in [0, 0.1) is 0 Å². The Morgan fingerprint density at radius 3 is 2.26 bits per heavy atom. The molecule has 0 aliphatic carbocycles. The predicted octanol–water partition coefficient (Wildman–Crippen LogP) is 1.18. The van der Waals surface area contributed by atoms with E-state index in [0.29, 0.717) is 13.2 Å². The van der Waals surface area contributed by atoms with Crippen LogP contribution in [0.2, 0.25) is 0 Å². The van der Waals surface area contributed by atoms with Crippen molar-refractivity contribution in [1.82, 2.24) is 15.1 Å². The summed E-state index contributed by atoms with van der Waals surface area (Å²) in [7, 11) is 3.32. The molecule has 1 amide bonds. The SMILES string of the molecule is COc1cc(CN2CCN(C(=O)C3COCCN3)CC2)cc(OC)c1.Cl.Cl. The van der Waals surface area contributed by atoms with Gasteiger partial charge in [-0.15, -0.1) is 24.8 Å². The van der Waals surface area contributed by atoms with Gasteiger partial charge >= 0.3 is 0 Å². The lowest BCUT2D eigenvalue weighted by molar-refractivity contribution is -0.138. The number of nitrogens with zero attached hydrogens (tertiary/aromatic N) is 2. The molecule has 2 fully saturated rings. The van der Waals surface area contributed by atoms with Crippen molar-refractivity contribution in [2.75, 3.05) is 60.2 Å². The van der Waals surface area contributed by atoms with Crippen LogP contribution >= 0.6 is 24.8 Å². The molecule has 0 aromatic heterocycles. The molecule has 3 rings (SSSR count). The van der Waals surface area contributed by atoms with Crippen LogP contribution in [-0.2, 0) is 16.1 Å². The van der Waals surface area contributed by atoms with Crippen molar-refractivity contribution < 1.29 is 19.0 Å². The summed E-state index contributed by atoms with van der Waals surface area (Å²) in [6.07, 6.45) is 0. The van der Waals surface area contributed by atoms with E-state index in [9.17, 15) is 4.79 Å². The van der Waals surface area contributed by atoms with Crippen LogP contribution in [0.4, 0.5) is 0 Å². The molecule has 0 spiro atoms. The number of amides is 1. The molecule has 0 bridgehead atoms. The minimum absolute atomic E-state index is 0. The van der Waals surface area contributed by atoms with E-state index in [4.69, 9.17) is 14.2 Å². The first-order valence-electron chi connectivity index (χ1n) is 8.74. The van der Waals surface area contributed by atoms with Gasteiger partial charge in [0.1, 0.15) is 17.5 Å². The number of hydrogen-bond acceptors (Lipinski definition) is 6. The predicted molar refractivity (Wildman–Crippen MR) is 109 cm³/mol. The second kappa shape index (κ2) is 11.6. The Morgan fingerprint density at radius 2 is 1.74 bits per heavy atom. The highest BCUT2D eigenvalue weighted by atomic mass is 35.5. The first-order valence-corrected chi connectivity index (χ1v) is 8.74. The molecule has 9 heteroatoms. The first kappa shape index (κ1) is 23.8. The van der Waals surface area contributed by atoms with Crippen molar-refractivity contribution in [2.24, 2.45) is 0 Å². The maximum atomic E-state index is 12.5. The molecule has 1 aromatic carbocycles. The van der Waals surface area contributed by atoms with E-state index in [1.54, 1.807) is 14.2 Å². The Morgan fingerprint density at radius 1 is 1.11 bits per heavy atom. The lowest BCUT2D eigenvalue weighted by atomic mass is 10.1. The monoisotopic (exact) mass is 421 g/mol. The normalized spacial score (nSPS) is 20.2. The molecular formula is C18H29Cl2N3O4. The molecule has 7 nitrogen and oxygen atoms in total. The van der Waals surface area contributed by atoms with E-state index in [-0.39, 0.29) is 36.8 Å². The van der Waals surface area contributed by atoms with Gasteiger partial charge in [0.25, 0.3) is 0 Å². The van der Waals surface area contributed by atoms with Gasteiger partial charge in [-0.25, -0.2) is 0 Å². The average Bonchev–Trinajstić information content (AvgIpc) is 2.68. The maximum absolute atomic E-state index is 12.5. The zero-order chi connectivity index (χ0) is 17.6. The van der Waals surface area contributed by atoms with Gasteiger partial charge in [0.15, 0.2) is 0 Å². The van der Waals surface area contributed by atoms with E-state index < -0.39 is 0 Å². The topological polar surface area (TPSA) is 63.3 Å². The summed E-state index contributed by atoms with van der Waals surface area (Å²) in [4.78, 5) is 16.8. The number of carbonyl (C=O) groups excluding carboxylic acids is 1. The quantitative estimate of drug-likeness (QED) is 0.769. The minimum atomic E-state index is -0.192. The van der Waals surface area contributed by atoms with Crippen molar-refractivity contribution in [3.05, 3.63) is 23.8 Å². The zero-order valence-electron chi connectivity index (χ0n) is 15.8. The fourth-order valence-electron chi connectivity index (χ4n) is 3.29. The molecule has 1 atom stereocenters. The van der Waals surface area contributed by atoms with Crippen LogP contribution in [0.3, 0.4) is 0 Å². The molecule has 1 aromatic rings. The van der Waals surface area contributed by atoms with Crippen LogP contribution < -0.4 is 14.8 Å². The summed E-state index contributed by atoms with van der Waals surface area (Å²) < 4.78 is 16.1. The van der Waals surface area contributed by atoms with Gasteiger partial charge in [0.2, 0.25) is 5.91 Å². The number of hydrogen-bond donors (Lipinski definition) is 1. The Bertz CT molecular complexity index is 570. The molecule has 2 saturated heterocycles. The van der Waals surface area contributed by atoms with Gasteiger partial charge in [0, 0.05) is 45.3 Å². The number of carbonyl (C=O) groups is 1. The third-order valence-electron chi connectivity index (χ3n) is 4.72. The summed E-state index contributed by atoms with van der Waals surface area (Å²) in [6.45, 7) is 5.94. The molecular weight excluding hydrogens is 393 g/mol. The van der Waals surface area contributed by atoms with Gasteiger partial charge in [-0.1, -0.05) is 0 Å². The Labute approximate surface area is 173 Å². The van der Waals surface area contributed by atoms with Gasteiger partial charge in [-0.05, 0) is 17.7 Å². The smallest absolute Gasteiger partial charge is 0.242 e. The first-order chi connectivity index (χ1) is 12.2. The number of ether oxygens (including phenoxy) is 3. The second-order valence-corrected chi connectivity index (χ2v) is 6.40. The summed E-state index contributed by atoms with van der Waals surface area (Å²) in [5.74, 6) is 1.75. The Hall–Kier alpha value is -1.25. The van der Waals surface area contributed by atoms with Crippen molar-refractivity contribution in [3.63, 3.8) is 0 Å². The molecule has 154 valence electrons. The Kier molecular flexibility index (Phi) is 10.2. The van der Waals surface area contributed by atoms with Crippen LogP contribution in [0.1, 0.15) is 5.56 Å². The van der Waals surface area contributed by atoms with Gasteiger partial charge in [-0.2, -0.15) is 0 Å². The van der Waals surface area contributed by atoms with E-state index in [1.165, 1.54) is 0 Å². The highest BCUT2D eigenvalue weighted by Crippen LogP contribution is 2.23. The van der Waals surface area contributed by atoms with Crippen LogP contribution in [0.15, 0.2) is 18.2 Å². The number of methoxy groups -OCH3 is 2. The molecule has 2 heterocycles. The second-order valence-electron chi connectivity index (χ2n) is 6.40. The standard InChI is InChI=1S/C18H27N3O4.2ClH/c1-23-15-9-14(10-16(11-15)24-2)12-20-4-6-21(7-5-20)18(22)17-13-25-8-3-19-17;;/h9-11,17,19H,3-8,12-13H2,1-2H3;2*1H. The molecule has 1 N–H and O–H groups in total. The van der Waals surface area contributed by atoms with Gasteiger partial charge < -0.3 is 24.4 Å². The molecule has 0 radical (unpaired) electrons. The van der Waals surface area contributed by atoms with Crippen molar-refractivity contribution in [2.45, 2.75) is 12.6 Å². The molecule has 27 heavy (non-hydrogen) atoms. The fraction of sp³-hybridized carbons (Fsp3) is 0.611. The third-order valence-corrected chi connectivity index (χ3v) is 4.72. The lowest BCUT2D eigenvalue weighted by Gasteiger charge is -2.37. The minimum Gasteiger partial charge on any atom is -0.497 e. The number of rotatable bonds is 5. The summed E-state index contributed by atoms with van der Waals surface area (Å²) in [5.41, 5.74) is 1.15. The van der Waals surface area contributed by atoms with Gasteiger partial charge in [-0.3, -0.25) is 9.69 Å². The molecule has 2 aliphatic heterocycles. The average molecular weight is 422 g/mol. The Balaban J connectivity index is 0.00000182. The fourth-order valence-corrected chi connectivity index (χ4v) is 3.29. The number of piperazine rings is 1. The van der Waals surface area contributed by atoms with Crippen LogP contribution in [0.5, 0.6) is 11.5 Å². The zero-order valence-corrected chi connectivity index (χ0v) is 17.4. The van der Waals surface area contributed by atoms with Gasteiger partial charge in [0.05, 0.1) is 27.4 Å². The lowest BCUT2D eigenvalue weighted by Crippen LogP contribution is -2.57. The van der Waals surface area contributed by atoms with E-state index in [1.807, 2.05) is 23.1 Å². The molecule has 0 saturated carbocycles.